The number of ether oxygens (including phenoxy) is 6. The molecule has 3 N–H and O–H groups in total. The average molecular weight is 613 g/mol. The van der Waals surface area contributed by atoms with Crippen LogP contribution < -0.4 is 30.0 Å². The summed E-state index contributed by atoms with van der Waals surface area (Å²) in [6.45, 7) is 5.38. The third kappa shape index (κ3) is 10.1. The number of carbonyl (C=O) groups is 3. The SMILES string of the molecule is CCOC(=O)/C=C/c1cc(OC)c(Cl)c(OC)c1N.CCOC(=O)/C=C/c1cc(OC)c(Cl)c(OC)c1NC(C)=O. The molecule has 0 aliphatic carbocycles. The molecule has 0 heterocycles. The zero-order valence-electron chi connectivity index (χ0n) is 23.9. The van der Waals surface area contributed by atoms with E-state index in [4.69, 9.17) is 57.4 Å². The summed E-state index contributed by atoms with van der Waals surface area (Å²) in [4.78, 5) is 34.1. The summed E-state index contributed by atoms with van der Waals surface area (Å²) >= 11 is 12.2. The van der Waals surface area contributed by atoms with Gasteiger partial charge >= 0.3 is 11.9 Å². The quantitative estimate of drug-likeness (QED) is 0.192. The molecule has 2 rings (SSSR count). The predicted molar refractivity (Wildman–Crippen MR) is 159 cm³/mol. The van der Waals surface area contributed by atoms with E-state index in [9.17, 15) is 14.4 Å². The van der Waals surface area contributed by atoms with E-state index in [1.165, 1.54) is 59.7 Å². The van der Waals surface area contributed by atoms with Crippen LogP contribution in [0.3, 0.4) is 0 Å². The first-order valence-electron chi connectivity index (χ1n) is 12.1. The van der Waals surface area contributed by atoms with Crippen molar-refractivity contribution in [3.05, 3.63) is 45.5 Å². The summed E-state index contributed by atoms with van der Waals surface area (Å²) in [7, 11) is 5.81. The fourth-order valence-corrected chi connectivity index (χ4v) is 3.85. The molecule has 2 aromatic carbocycles. The highest BCUT2D eigenvalue weighted by Crippen LogP contribution is 2.43. The Morgan fingerprint density at radius 3 is 1.63 bits per heavy atom. The second-order valence-corrected chi connectivity index (χ2v) is 8.43. The molecule has 0 radical (unpaired) electrons. The second-order valence-electron chi connectivity index (χ2n) is 7.67. The first kappa shape index (κ1) is 34.9. The molecule has 11 nitrogen and oxygen atoms in total. The Balaban J connectivity index is 0.000000414. The number of hydrogen-bond acceptors (Lipinski definition) is 10. The lowest BCUT2D eigenvalue weighted by molar-refractivity contribution is -0.138. The van der Waals surface area contributed by atoms with Crippen LogP contribution >= 0.6 is 23.2 Å². The van der Waals surface area contributed by atoms with Crippen molar-refractivity contribution in [1.29, 1.82) is 0 Å². The molecule has 0 aromatic heterocycles. The van der Waals surface area contributed by atoms with Crippen molar-refractivity contribution >= 4 is 64.6 Å². The van der Waals surface area contributed by atoms with Crippen molar-refractivity contribution in [2.45, 2.75) is 20.8 Å². The van der Waals surface area contributed by atoms with Gasteiger partial charge in [-0.25, -0.2) is 9.59 Å². The normalized spacial score (nSPS) is 10.5. The Hall–Kier alpha value is -4.09. The number of hydrogen-bond donors (Lipinski definition) is 2. The van der Waals surface area contributed by atoms with Crippen LogP contribution in [0.2, 0.25) is 10.0 Å². The van der Waals surface area contributed by atoms with Gasteiger partial charge in [0.1, 0.15) is 21.5 Å². The van der Waals surface area contributed by atoms with Gasteiger partial charge in [0.15, 0.2) is 11.5 Å². The van der Waals surface area contributed by atoms with E-state index < -0.39 is 11.9 Å². The zero-order chi connectivity index (χ0) is 31.1. The van der Waals surface area contributed by atoms with Crippen LogP contribution in [0.5, 0.6) is 23.0 Å². The number of esters is 2. The molecular weight excluding hydrogens is 579 g/mol. The van der Waals surface area contributed by atoms with Gasteiger partial charge in [0, 0.05) is 30.2 Å². The average Bonchev–Trinajstić information content (AvgIpc) is 2.93. The predicted octanol–water partition coefficient (Wildman–Crippen LogP) is 5.41. The summed E-state index contributed by atoms with van der Waals surface area (Å²) < 4.78 is 30.3. The van der Waals surface area contributed by atoms with Crippen molar-refractivity contribution in [2.75, 3.05) is 52.7 Å². The molecule has 2 aromatic rings. The van der Waals surface area contributed by atoms with Crippen LogP contribution in [0.15, 0.2) is 24.3 Å². The van der Waals surface area contributed by atoms with Gasteiger partial charge in [-0.05, 0) is 38.1 Å². The fourth-order valence-electron chi connectivity index (χ4n) is 3.23. The molecule has 0 aliphatic heterocycles. The minimum absolute atomic E-state index is 0.224. The lowest BCUT2D eigenvalue weighted by atomic mass is 10.1. The number of anilines is 2. The maximum Gasteiger partial charge on any atom is 0.330 e. The number of rotatable bonds is 11. The van der Waals surface area contributed by atoms with Gasteiger partial charge in [0.05, 0.1) is 53.0 Å². The van der Waals surface area contributed by atoms with Crippen LogP contribution in [0.1, 0.15) is 31.9 Å². The Morgan fingerprint density at radius 2 is 1.22 bits per heavy atom. The van der Waals surface area contributed by atoms with Gasteiger partial charge in [-0.3, -0.25) is 4.79 Å². The number of halogens is 2. The van der Waals surface area contributed by atoms with E-state index in [2.05, 4.69) is 5.32 Å². The van der Waals surface area contributed by atoms with Crippen LogP contribution in [-0.4, -0.2) is 59.5 Å². The number of carbonyl (C=O) groups excluding carboxylic acids is 3. The van der Waals surface area contributed by atoms with Gasteiger partial charge in [0.2, 0.25) is 5.91 Å². The minimum Gasteiger partial charge on any atom is -0.495 e. The second kappa shape index (κ2) is 17.6. The highest BCUT2D eigenvalue weighted by atomic mass is 35.5. The molecule has 13 heteroatoms. The molecular formula is C28H34Cl2N2O9. The van der Waals surface area contributed by atoms with E-state index in [0.717, 1.165) is 0 Å². The summed E-state index contributed by atoms with van der Waals surface area (Å²) in [5.74, 6) is 0.0841. The Labute approximate surface area is 249 Å². The maximum absolute atomic E-state index is 11.4. The van der Waals surface area contributed by atoms with E-state index >= 15 is 0 Å². The van der Waals surface area contributed by atoms with E-state index in [-0.39, 0.29) is 28.3 Å². The molecule has 224 valence electrons. The lowest BCUT2D eigenvalue weighted by Gasteiger charge is -2.16. The molecule has 41 heavy (non-hydrogen) atoms. The standard InChI is InChI=1S/C15H18ClNO5.C13H16ClNO4/c1-5-22-12(19)7-6-10-8-11(20-3)13(16)15(21-4)14(10)17-9(2)18;1-4-19-10(16)6-5-8-7-9(17-2)11(14)13(18-3)12(8)15/h6-8H,5H2,1-4H3,(H,17,18);5-7H,4,15H2,1-3H3/b7-6+;6-5+. The van der Waals surface area contributed by atoms with Crippen LogP contribution in [0.4, 0.5) is 11.4 Å². The van der Waals surface area contributed by atoms with Crippen molar-refractivity contribution in [1.82, 2.24) is 0 Å². The van der Waals surface area contributed by atoms with E-state index in [1.807, 2.05) is 0 Å². The molecule has 0 saturated carbocycles. The monoisotopic (exact) mass is 612 g/mol. The van der Waals surface area contributed by atoms with Gasteiger partial charge < -0.3 is 39.5 Å². The highest BCUT2D eigenvalue weighted by Gasteiger charge is 2.19. The van der Waals surface area contributed by atoms with Gasteiger partial charge in [0.25, 0.3) is 0 Å². The third-order valence-corrected chi connectivity index (χ3v) is 5.71. The molecule has 0 unspecified atom stereocenters. The maximum atomic E-state index is 11.4. The zero-order valence-corrected chi connectivity index (χ0v) is 25.4. The van der Waals surface area contributed by atoms with E-state index in [0.29, 0.717) is 46.4 Å². The van der Waals surface area contributed by atoms with Crippen molar-refractivity contribution in [3.63, 3.8) is 0 Å². The number of nitrogens with two attached hydrogens (primary N) is 1. The molecule has 0 fully saturated rings. The first-order chi connectivity index (χ1) is 19.5. The fraction of sp³-hybridized carbons (Fsp3) is 0.321. The molecule has 0 saturated heterocycles. The number of methoxy groups -OCH3 is 4. The summed E-state index contributed by atoms with van der Waals surface area (Å²) in [6.07, 6.45) is 5.54. The molecule has 0 spiro atoms. The molecule has 0 bridgehead atoms. The van der Waals surface area contributed by atoms with E-state index in [1.54, 1.807) is 26.0 Å². The smallest absolute Gasteiger partial charge is 0.330 e. The van der Waals surface area contributed by atoms with Crippen LogP contribution in [0.25, 0.3) is 12.2 Å². The first-order valence-corrected chi connectivity index (χ1v) is 12.9. The Bertz CT molecular complexity index is 1290. The van der Waals surface area contributed by atoms with Gasteiger partial charge in [-0.2, -0.15) is 0 Å². The number of nitrogen functional groups attached to an aromatic ring is 1. The van der Waals surface area contributed by atoms with Crippen LogP contribution in [0, 0.1) is 0 Å². The lowest BCUT2D eigenvalue weighted by Crippen LogP contribution is -2.09. The number of amides is 1. The number of benzene rings is 2. The summed E-state index contributed by atoms with van der Waals surface area (Å²) in [6, 6.07) is 3.21. The van der Waals surface area contributed by atoms with Crippen molar-refractivity contribution in [3.8, 4) is 23.0 Å². The minimum atomic E-state index is -0.496. The largest absolute Gasteiger partial charge is 0.495 e. The van der Waals surface area contributed by atoms with Crippen molar-refractivity contribution < 1.29 is 42.8 Å². The van der Waals surface area contributed by atoms with Gasteiger partial charge in [-0.15, -0.1) is 0 Å². The third-order valence-electron chi connectivity index (χ3n) is 5.00. The summed E-state index contributed by atoms with van der Waals surface area (Å²) in [5, 5.41) is 3.15. The van der Waals surface area contributed by atoms with Crippen molar-refractivity contribution in [2.24, 2.45) is 0 Å². The molecule has 0 atom stereocenters. The highest BCUT2D eigenvalue weighted by molar-refractivity contribution is 6.34. The number of nitrogens with one attached hydrogen (secondary N) is 1. The molecule has 0 aliphatic rings. The topological polar surface area (TPSA) is 145 Å². The summed E-state index contributed by atoms with van der Waals surface area (Å²) in [5.41, 5.74) is 7.65. The molecule has 1 amide bonds. The van der Waals surface area contributed by atoms with Gasteiger partial charge in [-0.1, -0.05) is 23.2 Å². The Morgan fingerprint density at radius 1 is 0.780 bits per heavy atom. The Kier molecular flexibility index (Phi) is 15.0. The van der Waals surface area contributed by atoms with Crippen LogP contribution in [-0.2, 0) is 23.9 Å².